The second-order valence-electron chi connectivity index (χ2n) is 5.31. The molecule has 2 rings (SSSR count). The number of carboxylic acids is 1. The van der Waals surface area contributed by atoms with Gasteiger partial charge in [0.25, 0.3) is 0 Å². The van der Waals surface area contributed by atoms with Crippen LogP contribution in [0.3, 0.4) is 0 Å². The Bertz CT molecular complexity index is 311. The second-order valence-corrected chi connectivity index (χ2v) is 5.31. The molecule has 0 aromatic carbocycles. The van der Waals surface area contributed by atoms with Crippen LogP contribution in [0, 0.1) is 11.3 Å². The minimum Gasteiger partial charge on any atom is -0.481 e. The van der Waals surface area contributed by atoms with Crippen molar-refractivity contribution in [3.8, 4) is 0 Å². The first-order valence-electron chi connectivity index (χ1n) is 5.46. The van der Waals surface area contributed by atoms with E-state index in [0.29, 0.717) is 13.0 Å². The van der Waals surface area contributed by atoms with E-state index in [-0.39, 0.29) is 23.3 Å². The molecular formula is C11H17NO3. The van der Waals surface area contributed by atoms with Crippen molar-refractivity contribution >= 4 is 11.9 Å². The highest BCUT2D eigenvalue weighted by Gasteiger charge is 2.48. The summed E-state index contributed by atoms with van der Waals surface area (Å²) in [5.74, 6) is -1.01. The summed E-state index contributed by atoms with van der Waals surface area (Å²) in [7, 11) is 0. The van der Waals surface area contributed by atoms with Crippen LogP contribution in [0.25, 0.3) is 0 Å². The van der Waals surface area contributed by atoms with Crippen molar-refractivity contribution < 1.29 is 14.7 Å². The molecule has 4 nitrogen and oxygen atoms in total. The summed E-state index contributed by atoms with van der Waals surface area (Å²) < 4.78 is 0. The molecule has 2 saturated heterocycles. The summed E-state index contributed by atoms with van der Waals surface area (Å²) in [6.45, 7) is 4.30. The monoisotopic (exact) mass is 211 g/mol. The van der Waals surface area contributed by atoms with E-state index in [1.165, 1.54) is 0 Å². The number of carbonyl (C=O) groups is 2. The molecule has 84 valence electrons. The fourth-order valence-corrected chi connectivity index (χ4v) is 2.75. The summed E-state index contributed by atoms with van der Waals surface area (Å²) in [6, 6.07) is 0.281. The Morgan fingerprint density at radius 1 is 1.47 bits per heavy atom. The van der Waals surface area contributed by atoms with Crippen molar-refractivity contribution in [3.63, 3.8) is 0 Å². The van der Waals surface area contributed by atoms with Crippen molar-refractivity contribution in [1.82, 2.24) is 4.90 Å². The molecular weight excluding hydrogens is 194 g/mol. The highest BCUT2D eigenvalue weighted by Crippen LogP contribution is 2.40. The maximum absolute atomic E-state index is 12.0. The van der Waals surface area contributed by atoms with Crippen LogP contribution in [0.5, 0.6) is 0 Å². The third kappa shape index (κ3) is 1.62. The Morgan fingerprint density at radius 2 is 2.13 bits per heavy atom. The highest BCUT2D eigenvalue weighted by molar-refractivity contribution is 5.85. The lowest BCUT2D eigenvalue weighted by Gasteiger charge is -2.33. The number of amides is 1. The lowest BCUT2D eigenvalue weighted by atomic mass is 9.87. The summed E-state index contributed by atoms with van der Waals surface area (Å²) in [5, 5.41) is 8.94. The SMILES string of the molecule is CC1(C)C[C@H]2CC[C@@H](C(=O)O)CN2C1=O. The maximum atomic E-state index is 12.0. The summed E-state index contributed by atoms with van der Waals surface area (Å²) in [4.78, 5) is 24.6. The van der Waals surface area contributed by atoms with Crippen LogP contribution in [0.2, 0.25) is 0 Å². The Hall–Kier alpha value is -1.06. The van der Waals surface area contributed by atoms with E-state index in [0.717, 1.165) is 12.8 Å². The average Bonchev–Trinajstić information content (AvgIpc) is 2.37. The van der Waals surface area contributed by atoms with Crippen molar-refractivity contribution in [3.05, 3.63) is 0 Å². The van der Waals surface area contributed by atoms with Gasteiger partial charge < -0.3 is 10.0 Å². The number of carboxylic acid groups (broad SMARTS) is 1. The first kappa shape index (κ1) is 10.5. The van der Waals surface area contributed by atoms with Crippen molar-refractivity contribution in [2.45, 2.75) is 39.2 Å². The quantitative estimate of drug-likeness (QED) is 0.706. The van der Waals surface area contributed by atoms with E-state index < -0.39 is 5.97 Å². The largest absolute Gasteiger partial charge is 0.481 e. The van der Waals surface area contributed by atoms with Crippen LogP contribution >= 0.6 is 0 Å². The van der Waals surface area contributed by atoms with Crippen LogP contribution < -0.4 is 0 Å². The topological polar surface area (TPSA) is 57.6 Å². The van der Waals surface area contributed by atoms with E-state index >= 15 is 0 Å². The molecule has 1 amide bonds. The average molecular weight is 211 g/mol. The molecule has 2 aliphatic rings. The molecule has 2 heterocycles. The number of rotatable bonds is 1. The van der Waals surface area contributed by atoms with Crippen molar-refractivity contribution in [2.75, 3.05) is 6.54 Å². The molecule has 0 bridgehead atoms. The number of piperidine rings is 1. The van der Waals surface area contributed by atoms with E-state index in [1.54, 1.807) is 4.90 Å². The number of hydrogen-bond donors (Lipinski definition) is 1. The lowest BCUT2D eigenvalue weighted by Crippen LogP contribution is -2.44. The molecule has 2 atom stereocenters. The molecule has 1 N–H and O–H groups in total. The normalized spacial score (nSPS) is 34.0. The number of aliphatic carboxylic acids is 1. The Morgan fingerprint density at radius 3 is 2.73 bits per heavy atom. The Labute approximate surface area is 89.3 Å². The van der Waals surface area contributed by atoms with E-state index in [4.69, 9.17) is 5.11 Å². The van der Waals surface area contributed by atoms with E-state index in [1.807, 2.05) is 13.8 Å². The van der Waals surface area contributed by atoms with Crippen LogP contribution in [0.4, 0.5) is 0 Å². The summed E-state index contributed by atoms with van der Waals surface area (Å²) in [6.07, 6.45) is 2.42. The van der Waals surface area contributed by atoms with Crippen LogP contribution in [0.15, 0.2) is 0 Å². The third-order valence-electron chi connectivity index (χ3n) is 3.64. The summed E-state index contributed by atoms with van der Waals surface area (Å²) >= 11 is 0. The standard InChI is InChI=1S/C11H17NO3/c1-11(2)5-8-4-3-7(9(13)14)6-12(8)10(11)15/h7-8H,3-6H2,1-2H3,(H,13,14)/t7-,8-/m1/s1. The predicted molar refractivity (Wildman–Crippen MR) is 54.3 cm³/mol. The van der Waals surface area contributed by atoms with Crippen LogP contribution in [-0.2, 0) is 9.59 Å². The summed E-state index contributed by atoms with van der Waals surface area (Å²) in [5.41, 5.74) is -0.294. The first-order chi connectivity index (χ1) is 6.92. The van der Waals surface area contributed by atoms with Gasteiger partial charge in [-0.2, -0.15) is 0 Å². The molecule has 0 unspecified atom stereocenters. The molecule has 2 fully saturated rings. The Kier molecular flexibility index (Phi) is 2.24. The third-order valence-corrected chi connectivity index (χ3v) is 3.64. The van der Waals surface area contributed by atoms with Gasteiger partial charge in [0.05, 0.1) is 5.92 Å². The smallest absolute Gasteiger partial charge is 0.308 e. The molecule has 0 aromatic rings. The van der Waals surface area contributed by atoms with Gasteiger partial charge in [0.15, 0.2) is 0 Å². The highest BCUT2D eigenvalue weighted by atomic mass is 16.4. The Balaban J connectivity index is 2.14. The molecule has 2 aliphatic heterocycles. The van der Waals surface area contributed by atoms with Crippen molar-refractivity contribution in [2.24, 2.45) is 11.3 Å². The zero-order chi connectivity index (χ0) is 11.2. The number of hydrogen-bond acceptors (Lipinski definition) is 2. The van der Waals surface area contributed by atoms with Gasteiger partial charge in [-0.25, -0.2) is 0 Å². The molecule has 15 heavy (non-hydrogen) atoms. The van der Waals surface area contributed by atoms with Gasteiger partial charge in [-0.3, -0.25) is 9.59 Å². The minimum atomic E-state index is -0.772. The second kappa shape index (κ2) is 3.22. The number of carbonyl (C=O) groups excluding carboxylic acids is 1. The van der Waals surface area contributed by atoms with Gasteiger partial charge in [0, 0.05) is 18.0 Å². The van der Waals surface area contributed by atoms with Crippen LogP contribution in [-0.4, -0.2) is 34.5 Å². The molecule has 0 aliphatic carbocycles. The number of fused-ring (bicyclic) bond motifs is 1. The zero-order valence-corrected chi connectivity index (χ0v) is 9.19. The molecule has 0 radical (unpaired) electrons. The lowest BCUT2D eigenvalue weighted by molar-refractivity contribution is -0.146. The maximum Gasteiger partial charge on any atom is 0.308 e. The molecule has 0 saturated carbocycles. The molecule has 4 heteroatoms. The molecule has 0 aromatic heterocycles. The van der Waals surface area contributed by atoms with E-state index in [9.17, 15) is 9.59 Å². The predicted octanol–water partition coefficient (Wildman–Crippen LogP) is 1.11. The van der Waals surface area contributed by atoms with Crippen LogP contribution in [0.1, 0.15) is 33.1 Å². The van der Waals surface area contributed by atoms with Gasteiger partial charge in [0.1, 0.15) is 0 Å². The van der Waals surface area contributed by atoms with Crippen molar-refractivity contribution in [1.29, 1.82) is 0 Å². The minimum absolute atomic E-state index is 0.124. The van der Waals surface area contributed by atoms with Gasteiger partial charge in [-0.05, 0) is 19.3 Å². The van der Waals surface area contributed by atoms with Gasteiger partial charge in [-0.1, -0.05) is 13.8 Å². The van der Waals surface area contributed by atoms with Gasteiger partial charge in [0.2, 0.25) is 5.91 Å². The fourth-order valence-electron chi connectivity index (χ4n) is 2.75. The van der Waals surface area contributed by atoms with Gasteiger partial charge >= 0.3 is 5.97 Å². The fraction of sp³-hybridized carbons (Fsp3) is 0.818. The first-order valence-corrected chi connectivity index (χ1v) is 5.46. The van der Waals surface area contributed by atoms with E-state index in [2.05, 4.69) is 0 Å². The zero-order valence-electron chi connectivity index (χ0n) is 9.19. The van der Waals surface area contributed by atoms with Gasteiger partial charge in [-0.15, -0.1) is 0 Å². The number of nitrogens with zero attached hydrogens (tertiary/aromatic N) is 1. The molecule has 0 spiro atoms.